The van der Waals surface area contributed by atoms with Crippen LogP contribution in [0.3, 0.4) is 0 Å². The van der Waals surface area contributed by atoms with Gasteiger partial charge in [0.2, 0.25) is 11.8 Å². The third kappa shape index (κ3) is 8.55. The third-order valence-corrected chi connectivity index (χ3v) is 8.43. The number of nitrogens with one attached hydrogen (secondary N) is 1. The van der Waals surface area contributed by atoms with Crippen LogP contribution in [0.1, 0.15) is 49.9 Å². The zero-order valence-corrected chi connectivity index (χ0v) is 25.6. The van der Waals surface area contributed by atoms with Gasteiger partial charge in [0.25, 0.3) is 0 Å². The molecule has 0 bridgehead atoms. The number of rotatable bonds is 12. The second-order valence-electron chi connectivity index (χ2n) is 11.1. The zero-order valence-electron chi connectivity index (χ0n) is 24.9. The molecule has 1 heterocycles. The Balaban J connectivity index is 1.40. The zero-order chi connectivity index (χ0) is 30.1. The standard InChI is InChI=1S/C34H42ClFN4O2/c1-4-40(26(3)41)25(2)31-10-6-8-12-33(31)39-19-17-38(18-20-39)24-28(21-27-13-15-30(35)16-14-27)22-34(42)37-23-29-9-5-7-11-32(29)36/h5-16,25,28H,4,17-24H2,1-3H3,(H,37,42)/t25?,28-/m0/s1. The highest BCUT2D eigenvalue weighted by molar-refractivity contribution is 6.30. The largest absolute Gasteiger partial charge is 0.369 e. The van der Waals surface area contributed by atoms with Crippen molar-refractivity contribution in [1.82, 2.24) is 15.1 Å². The monoisotopic (exact) mass is 592 g/mol. The van der Waals surface area contributed by atoms with Gasteiger partial charge in [-0.25, -0.2) is 4.39 Å². The number of carbonyl (C=O) groups excluding carboxylic acids is 2. The highest BCUT2D eigenvalue weighted by Gasteiger charge is 2.26. The summed E-state index contributed by atoms with van der Waals surface area (Å²) < 4.78 is 14.1. The topological polar surface area (TPSA) is 55.9 Å². The van der Waals surface area contributed by atoms with Crippen LogP contribution in [0.4, 0.5) is 10.1 Å². The summed E-state index contributed by atoms with van der Waals surface area (Å²) in [6, 6.07) is 22.7. The molecule has 8 heteroatoms. The summed E-state index contributed by atoms with van der Waals surface area (Å²) in [6.07, 6.45) is 1.11. The van der Waals surface area contributed by atoms with Crippen molar-refractivity contribution in [2.45, 2.75) is 46.2 Å². The number of amides is 2. The Labute approximate surface area is 254 Å². The fourth-order valence-corrected chi connectivity index (χ4v) is 6.05. The van der Waals surface area contributed by atoms with Crippen LogP contribution >= 0.6 is 11.6 Å². The number of piperazine rings is 1. The molecule has 1 fully saturated rings. The SMILES string of the molecule is CCN(C(C)=O)C(C)c1ccccc1N1CCN(C[C@H](CC(=O)NCc2ccccc2F)Cc2ccc(Cl)cc2)CC1. The first-order chi connectivity index (χ1) is 20.2. The molecule has 1 unspecified atom stereocenters. The molecule has 224 valence electrons. The minimum atomic E-state index is -0.312. The number of hydrogen-bond donors (Lipinski definition) is 1. The number of benzene rings is 3. The quantitative estimate of drug-likeness (QED) is 0.276. The third-order valence-electron chi connectivity index (χ3n) is 8.17. The van der Waals surface area contributed by atoms with Crippen LogP contribution in [-0.2, 0) is 22.6 Å². The maximum absolute atomic E-state index is 14.1. The molecule has 2 atom stereocenters. The van der Waals surface area contributed by atoms with Gasteiger partial charge in [-0.15, -0.1) is 0 Å². The van der Waals surface area contributed by atoms with Crippen molar-refractivity contribution in [3.63, 3.8) is 0 Å². The Morgan fingerprint density at radius 2 is 1.64 bits per heavy atom. The lowest BCUT2D eigenvalue weighted by Gasteiger charge is -2.39. The molecular weight excluding hydrogens is 551 g/mol. The second-order valence-corrected chi connectivity index (χ2v) is 11.5. The van der Waals surface area contributed by atoms with Crippen LogP contribution in [0.15, 0.2) is 72.8 Å². The van der Waals surface area contributed by atoms with Gasteiger partial charge < -0.3 is 15.1 Å². The van der Waals surface area contributed by atoms with E-state index < -0.39 is 0 Å². The number of hydrogen-bond acceptors (Lipinski definition) is 4. The highest BCUT2D eigenvalue weighted by Crippen LogP contribution is 2.31. The number of nitrogens with zero attached hydrogens (tertiary/aromatic N) is 3. The van der Waals surface area contributed by atoms with Crippen molar-refractivity contribution in [3.05, 3.63) is 100 Å². The van der Waals surface area contributed by atoms with E-state index in [1.807, 2.05) is 42.2 Å². The first-order valence-electron chi connectivity index (χ1n) is 14.8. The summed E-state index contributed by atoms with van der Waals surface area (Å²) in [6.45, 7) is 10.8. The predicted octanol–water partition coefficient (Wildman–Crippen LogP) is 6.10. The fourth-order valence-electron chi connectivity index (χ4n) is 5.93. The average molecular weight is 593 g/mol. The van der Waals surface area contributed by atoms with Crippen LogP contribution < -0.4 is 10.2 Å². The van der Waals surface area contributed by atoms with Crippen molar-refractivity contribution in [1.29, 1.82) is 0 Å². The summed E-state index contributed by atoms with van der Waals surface area (Å²) >= 11 is 6.11. The molecule has 0 aliphatic carbocycles. The molecule has 0 spiro atoms. The van der Waals surface area contributed by atoms with E-state index in [2.05, 4.69) is 40.2 Å². The maximum atomic E-state index is 14.1. The minimum Gasteiger partial charge on any atom is -0.369 e. The molecule has 6 nitrogen and oxygen atoms in total. The van der Waals surface area contributed by atoms with E-state index in [4.69, 9.17) is 11.6 Å². The van der Waals surface area contributed by atoms with Gasteiger partial charge in [0, 0.05) is 75.4 Å². The Morgan fingerprint density at radius 1 is 0.976 bits per heavy atom. The Hall–Kier alpha value is -3.42. The number of anilines is 1. The Kier molecular flexibility index (Phi) is 11.4. The molecule has 42 heavy (non-hydrogen) atoms. The van der Waals surface area contributed by atoms with Crippen LogP contribution in [0, 0.1) is 11.7 Å². The van der Waals surface area contributed by atoms with E-state index in [1.165, 1.54) is 11.8 Å². The van der Waals surface area contributed by atoms with Crippen LogP contribution in [0.25, 0.3) is 0 Å². The van der Waals surface area contributed by atoms with Gasteiger partial charge in [0.05, 0.1) is 6.04 Å². The molecule has 1 N–H and O–H groups in total. The number of para-hydroxylation sites is 1. The van der Waals surface area contributed by atoms with Crippen LogP contribution in [0.5, 0.6) is 0 Å². The molecule has 1 saturated heterocycles. The molecular formula is C34H42ClFN4O2. The van der Waals surface area contributed by atoms with Gasteiger partial charge in [0.1, 0.15) is 5.82 Å². The molecule has 3 aromatic carbocycles. The van der Waals surface area contributed by atoms with Crippen molar-refractivity contribution in [2.24, 2.45) is 5.92 Å². The lowest BCUT2D eigenvalue weighted by atomic mass is 9.94. The van der Waals surface area contributed by atoms with Gasteiger partial charge in [-0.1, -0.05) is 60.1 Å². The van der Waals surface area contributed by atoms with E-state index in [-0.39, 0.29) is 36.1 Å². The van der Waals surface area contributed by atoms with Crippen molar-refractivity contribution >= 4 is 29.1 Å². The normalized spacial score (nSPS) is 15.2. The predicted molar refractivity (Wildman–Crippen MR) is 168 cm³/mol. The summed E-state index contributed by atoms with van der Waals surface area (Å²) in [4.78, 5) is 31.9. The Bertz CT molecular complexity index is 1330. The van der Waals surface area contributed by atoms with E-state index in [1.54, 1.807) is 25.1 Å². The molecule has 3 aromatic rings. The van der Waals surface area contributed by atoms with Gasteiger partial charge >= 0.3 is 0 Å². The first kappa shape index (κ1) is 31.5. The number of carbonyl (C=O) groups is 2. The van der Waals surface area contributed by atoms with Gasteiger partial charge in [-0.2, -0.15) is 0 Å². The second kappa shape index (κ2) is 15.2. The molecule has 4 rings (SSSR count). The van der Waals surface area contributed by atoms with Gasteiger partial charge in [-0.05, 0) is 61.6 Å². The van der Waals surface area contributed by atoms with E-state index in [9.17, 15) is 14.0 Å². The summed E-state index contributed by atoms with van der Waals surface area (Å²) in [5.41, 5.74) is 3.96. The maximum Gasteiger partial charge on any atom is 0.220 e. The fraction of sp³-hybridized carbons (Fsp3) is 0.412. The summed E-state index contributed by atoms with van der Waals surface area (Å²) in [5.74, 6) is -0.216. The molecule has 0 radical (unpaired) electrons. The van der Waals surface area contributed by atoms with E-state index in [0.717, 1.165) is 50.3 Å². The summed E-state index contributed by atoms with van der Waals surface area (Å²) in [7, 11) is 0. The Morgan fingerprint density at radius 3 is 2.31 bits per heavy atom. The minimum absolute atomic E-state index is 0.00615. The lowest BCUT2D eigenvalue weighted by molar-refractivity contribution is -0.130. The molecule has 2 amide bonds. The smallest absolute Gasteiger partial charge is 0.220 e. The van der Waals surface area contributed by atoms with Crippen molar-refractivity contribution in [2.75, 3.05) is 44.2 Å². The molecule has 0 saturated carbocycles. The highest BCUT2D eigenvalue weighted by atomic mass is 35.5. The first-order valence-corrected chi connectivity index (χ1v) is 15.2. The van der Waals surface area contributed by atoms with E-state index >= 15 is 0 Å². The lowest BCUT2D eigenvalue weighted by Crippen LogP contribution is -2.48. The van der Waals surface area contributed by atoms with Gasteiger partial charge in [0.15, 0.2) is 0 Å². The average Bonchev–Trinajstić information content (AvgIpc) is 2.98. The van der Waals surface area contributed by atoms with Crippen LogP contribution in [-0.4, -0.2) is 60.9 Å². The summed E-state index contributed by atoms with van der Waals surface area (Å²) in [5, 5.41) is 3.60. The molecule has 1 aliphatic heterocycles. The molecule has 1 aliphatic rings. The van der Waals surface area contributed by atoms with E-state index in [0.29, 0.717) is 23.6 Å². The van der Waals surface area contributed by atoms with Crippen LogP contribution in [0.2, 0.25) is 5.02 Å². The van der Waals surface area contributed by atoms with Gasteiger partial charge in [-0.3, -0.25) is 14.5 Å². The van der Waals surface area contributed by atoms with Crippen molar-refractivity contribution in [3.8, 4) is 0 Å². The molecule has 0 aromatic heterocycles. The van der Waals surface area contributed by atoms with Crippen molar-refractivity contribution < 1.29 is 14.0 Å². The number of halogens is 2.